The van der Waals surface area contributed by atoms with Crippen LogP contribution in [0.1, 0.15) is 40.8 Å². The second kappa shape index (κ2) is 6.38. The Morgan fingerprint density at radius 3 is 2.47 bits per heavy atom. The van der Waals surface area contributed by atoms with E-state index in [1.165, 1.54) is 25.4 Å². The van der Waals surface area contributed by atoms with E-state index in [0.717, 1.165) is 5.57 Å². The summed E-state index contributed by atoms with van der Waals surface area (Å²) in [5, 5.41) is 3.65. The minimum absolute atomic E-state index is 0.164. The lowest BCUT2D eigenvalue weighted by atomic mass is 10.2. The van der Waals surface area contributed by atoms with Crippen LogP contribution in [-0.4, -0.2) is 25.4 Å². The second-order valence-corrected chi connectivity index (χ2v) is 5.28. The number of nitrogens with one attached hydrogen (secondary N) is 1. The highest BCUT2D eigenvalue weighted by molar-refractivity contribution is 7.19. The average Bonchev–Trinajstić information content (AvgIpc) is 2.65. The van der Waals surface area contributed by atoms with Crippen LogP contribution in [0.2, 0.25) is 0 Å². The molecule has 0 aliphatic rings. The van der Waals surface area contributed by atoms with E-state index >= 15 is 0 Å². The van der Waals surface area contributed by atoms with Gasteiger partial charge in [-0.2, -0.15) is 0 Å². The third kappa shape index (κ3) is 3.57. The number of carbonyl (C=O) groups is 2. The maximum atomic E-state index is 11.7. The first-order valence-corrected chi connectivity index (χ1v) is 6.58. The number of anilines is 2. The SMILES string of the molecule is COC(=O)c1c(NCC=C(C)C)sc(C(C)=O)c1N. The Labute approximate surface area is 116 Å². The number of Topliss-reactive ketones (excluding diaryl/α,β-unsaturated/α-hetero) is 1. The first-order valence-electron chi connectivity index (χ1n) is 5.77. The average molecular weight is 282 g/mol. The summed E-state index contributed by atoms with van der Waals surface area (Å²) in [5.41, 5.74) is 7.42. The van der Waals surface area contributed by atoms with Gasteiger partial charge in [0.15, 0.2) is 5.78 Å². The van der Waals surface area contributed by atoms with Crippen molar-refractivity contribution in [3.63, 3.8) is 0 Å². The van der Waals surface area contributed by atoms with Crippen LogP contribution >= 0.6 is 11.3 Å². The Hall–Kier alpha value is -1.82. The number of methoxy groups -OCH3 is 1. The lowest BCUT2D eigenvalue weighted by molar-refractivity contribution is 0.0603. The number of carbonyl (C=O) groups excluding carboxylic acids is 2. The van der Waals surface area contributed by atoms with Crippen LogP contribution in [0.15, 0.2) is 11.6 Å². The molecule has 0 bridgehead atoms. The van der Waals surface area contributed by atoms with E-state index < -0.39 is 5.97 Å². The van der Waals surface area contributed by atoms with E-state index in [0.29, 0.717) is 16.4 Å². The van der Waals surface area contributed by atoms with Crippen molar-refractivity contribution in [3.8, 4) is 0 Å². The fourth-order valence-corrected chi connectivity index (χ4v) is 2.49. The molecule has 0 unspecified atom stereocenters. The second-order valence-electron chi connectivity index (χ2n) is 4.26. The topological polar surface area (TPSA) is 81.4 Å². The molecule has 5 nitrogen and oxygen atoms in total. The molecule has 1 heterocycles. The zero-order valence-electron chi connectivity index (χ0n) is 11.5. The Morgan fingerprint density at radius 2 is 2.00 bits per heavy atom. The number of ketones is 1. The summed E-state index contributed by atoms with van der Waals surface area (Å²) in [6.07, 6.45) is 1.98. The number of hydrogen-bond donors (Lipinski definition) is 2. The number of rotatable bonds is 5. The van der Waals surface area contributed by atoms with E-state index in [2.05, 4.69) is 5.32 Å². The summed E-state index contributed by atoms with van der Waals surface area (Å²) >= 11 is 1.17. The van der Waals surface area contributed by atoms with Gasteiger partial charge < -0.3 is 15.8 Å². The van der Waals surface area contributed by atoms with Crippen molar-refractivity contribution >= 4 is 33.8 Å². The highest BCUT2D eigenvalue weighted by Gasteiger charge is 2.24. The van der Waals surface area contributed by atoms with Crippen molar-refractivity contribution in [2.75, 3.05) is 24.7 Å². The Bertz CT molecular complexity index is 528. The molecule has 1 aromatic rings. The largest absolute Gasteiger partial charge is 0.465 e. The number of nitrogens with two attached hydrogens (primary N) is 1. The fraction of sp³-hybridized carbons (Fsp3) is 0.385. The third-order valence-corrected chi connectivity index (χ3v) is 3.69. The molecule has 0 aliphatic heterocycles. The molecule has 0 saturated heterocycles. The number of thiophene rings is 1. The van der Waals surface area contributed by atoms with Crippen molar-refractivity contribution in [2.24, 2.45) is 0 Å². The summed E-state index contributed by atoms with van der Waals surface area (Å²) in [5.74, 6) is -0.705. The summed E-state index contributed by atoms with van der Waals surface area (Å²) in [6, 6.07) is 0. The minimum atomic E-state index is -0.541. The molecule has 0 atom stereocenters. The Morgan fingerprint density at radius 1 is 1.37 bits per heavy atom. The van der Waals surface area contributed by atoms with Crippen LogP contribution in [0, 0.1) is 0 Å². The maximum Gasteiger partial charge on any atom is 0.343 e. The summed E-state index contributed by atoms with van der Waals surface area (Å²) in [4.78, 5) is 23.6. The summed E-state index contributed by atoms with van der Waals surface area (Å²) in [6.45, 7) is 5.94. The predicted molar refractivity (Wildman–Crippen MR) is 78.0 cm³/mol. The smallest absolute Gasteiger partial charge is 0.343 e. The normalized spacial score (nSPS) is 9.89. The van der Waals surface area contributed by atoms with Crippen LogP contribution in [0.25, 0.3) is 0 Å². The van der Waals surface area contributed by atoms with Gasteiger partial charge in [0.1, 0.15) is 10.6 Å². The van der Waals surface area contributed by atoms with Gasteiger partial charge >= 0.3 is 5.97 Å². The number of nitrogen functional groups attached to an aromatic ring is 1. The van der Waals surface area contributed by atoms with Gasteiger partial charge in [0, 0.05) is 13.5 Å². The van der Waals surface area contributed by atoms with E-state index in [9.17, 15) is 9.59 Å². The van der Waals surface area contributed by atoms with Gasteiger partial charge in [-0.1, -0.05) is 11.6 Å². The molecule has 1 aromatic heterocycles. The number of ether oxygens (including phenoxy) is 1. The minimum Gasteiger partial charge on any atom is -0.465 e. The van der Waals surface area contributed by atoms with Gasteiger partial charge in [-0.3, -0.25) is 4.79 Å². The number of allylic oxidation sites excluding steroid dienone is 1. The number of esters is 1. The van der Waals surface area contributed by atoms with Gasteiger partial charge in [0.25, 0.3) is 0 Å². The molecular formula is C13H18N2O3S. The van der Waals surface area contributed by atoms with Crippen LogP contribution in [0.3, 0.4) is 0 Å². The van der Waals surface area contributed by atoms with Crippen molar-refractivity contribution < 1.29 is 14.3 Å². The monoisotopic (exact) mass is 282 g/mol. The van der Waals surface area contributed by atoms with E-state index in [4.69, 9.17) is 10.5 Å². The van der Waals surface area contributed by atoms with Gasteiger partial charge in [0.05, 0.1) is 17.7 Å². The van der Waals surface area contributed by atoms with Crippen LogP contribution in [0.4, 0.5) is 10.7 Å². The predicted octanol–water partition coefficient (Wildman–Crippen LogP) is 2.70. The molecule has 0 amide bonds. The van der Waals surface area contributed by atoms with Crippen molar-refractivity contribution in [1.29, 1.82) is 0 Å². The van der Waals surface area contributed by atoms with E-state index in [1.54, 1.807) is 0 Å². The highest BCUT2D eigenvalue weighted by atomic mass is 32.1. The quantitative estimate of drug-likeness (QED) is 0.493. The van der Waals surface area contributed by atoms with Crippen molar-refractivity contribution in [1.82, 2.24) is 0 Å². The molecule has 0 fully saturated rings. The summed E-state index contributed by atoms with van der Waals surface area (Å²) < 4.78 is 4.70. The number of hydrogen-bond acceptors (Lipinski definition) is 6. The van der Waals surface area contributed by atoms with Crippen molar-refractivity contribution in [3.05, 3.63) is 22.1 Å². The molecule has 0 aromatic carbocycles. The zero-order valence-corrected chi connectivity index (χ0v) is 12.3. The molecule has 0 spiro atoms. The van der Waals surface area contributed by atoms with E-state index in [-0.39, 0.29) is 17.0 Å². The molecule has 0 aliphatic carbocycles. The molecule has 1 rings (SSSR count). The Kier molecular flexibility index (Phi) is 5.11. The van der Waals surface area contributed by atoms with Crippen molar-refractivity contribution in [2.45, 2.75) is 20.8 Å². The lowest BCUT2D eigenvalue weighted by Gasteiger charge is -2.04. The molecule has 19 heavy (non-hydrogen) atoms. The molecular weight excluding hydrogens is 264 g/mol. The maximum absolute atomic E-state index is 11.7. The standard InChI is InChI=1S/C13H18N2O3S/c1-7(2)5-6-15-12-9(13(17)18-4)10(14)11(19-12)8(3)16/h5,15H,6,14H2,1-4H3. The third-order valence-electron chi connectivity index (χ3n) is 2.43. The van der Waals surface area contributed by atoms with Crippen LogP contribution in [0.5, 0.6) is 0 Å². The zero-order chi connectivity index (χ0) is 14.6. The van der Waals surface area contributed by atoms with Crippen LogP contribution < -0.4 is 11.1 Å². The molecule has 0 saturated carbocycles. The van der Waals surface area contributed by atoms with Crippen LogP contribution in [-0.2, 0) is 4.74 Å². The van der Waals surface area contributed by atoms with Gasteiger partial charge in [-0.25, -0.2) is 4.79 Å². The first kappa shape index (κ1) is 15.2. The first-order chi connectivity index (χ1) is 8.88. The highest BCUT2D eigenvalue weighted by Crippen LogP contribution is 2.36. The van der Waals surface area contributed by atoms with Gasteiger partial charge in [-0.15, -0.1) is 11.3 Å². The van der Waals surface area contributed by atoms with Gasteiger partial charge in [-0.05, 0) is 13.8 Å². The lowest BCUT2D eigenvalue weighted by Crippen LogP contribution is -2.08. The van der Waals surface area contributed by atoms with Gasteiger partial charge in [0.2, 0.25) is 0 Å². The molecule has 0 radical (unpaired) electrons. The Balaban J connectivity index is 3.14. The molecule has 3 N–H and O–H groups in total. The summed E-state index contributed by atoms with van der Waals surface area (Å²) in [7, 11) is 1.28. The molecule has 6 heteroatoms. The molecule has 104 valence electrons. The van der Waals surface area contributed by atoms with E-state index in [1.807, 2.05) is 19.9 Å². The fourth-order valence-electron chi connectivity index (χ4n) is 1.48.